The van der Waals surface area contributed by atoms with E-state index in [1.165, 1.54) is 0 Å². The van der Waals surface area contributed by atoms with E-state index in [1.54, 1.807) is 7.11 Å². The molecule has 1 N–H and O–H groups in total. The van der Waals surface area contributed by atoms with E-state index in [1.807, 2.05) is 35.9 Å². The molecule has 2 aromatic rings. The molecule has 0 radical (unpaired) electrons. The summed E-state index contributed by atoms with van der Waals surface area (Å²) in [5.41, 5.74) is 3.37. The van der Waals surface area contributed by atoms with Crippen molar-refractivity contribution in [2.24, 2.45) is 7.05 Å². The fourth-order valence-corrected chi connectivity index (χ4v) is 2.78. The highest BCUT2D eigenvalue weighted by Gasteiger charge is 2.23. The first-order chi connectivity index (χ1) is 9.60. The molecule has 0 spiro atoms. The predicted octanol–water partition coefficient (Wildman–Crippen LogP) is 1.64. The van der Waals surface area contributed by atoms with Crippen LogP contribution in [0.4, 0.5) is 0 Å². The van der Waals surface area contributed by atoms with Crippen LogP contribution >= 0.6 is 15.9 Å². The molecule has 0 aliphatic heterocycles. The van der Waals surface area contributed by atoms with Crippen LogP contribution in [0, 0.1) is 6.92 Å². The summed E-state index contributed by atoms with van der Waals surface area (Å²) in [6.07, 6.45) is 3.72. The van der Waals surface area contributed by atoms with Crippen molar-refractivity contribution in [3.63, 3.8) is 0 Å². The maximum absolute atomic E-state index is 5.14. The molecule has 0 aliphatic rings. The molecule has 0 aromatic carbocycles. The van der Waals surface area contributed by atoms with E-state index < -0.39 is 0 Å². The number of hydrogen-bond acceptors (Lipinski definition) is 4. The maximum atomic E-state index is 5.14. The molecule has 0 aliphatic carbocycles. The number of halogens is 1. The Morgan fingerprint density at radius 1 is 1.40 bits per heavy atom. The van der Waals surface area contributed by atoms with Gasteiger partial charge in [-0.05, 0) is 29.9 Å². The van der Waals surface area contributed by atoms with Gasteiger partial charge in [0, 0.05) is 25.4 Å². The molecule has 0 amide bonds. The number of ether oxygens (including phenoxy) is 1. The van der Waals surface area contributed by atoms with Gasteiger partial charge in [0.1, 0.15) is 0 Å². The lowest BCUT2D eigenvalue weighted by molar-refractivity contribution is 0.182. The van der Waals surface area contributed by atoms with Gasteiger partial charge >= 0.3 is 0 Å². The quantitative estimate of drug-likeness (QED) is 0.867. The summed E-state index contributed by atoms with van der Waals surface area (Å²) in [6.45, 7) is 3.41. The summed E-state index contributed by atoms with van der Waals surface area (Å²) in [5, 5.41) is 12.1. The first kappa shape index (κ1) is 15.2. The molecule has 2 rings (SSSR count). The van der Waals surface area contributed by atoms with Gasteiger partial charge in [-0.1, -0.05) is 0 Å². The van der Waals surface area contributed by atoms with Crippen molar-refractivity contribution in [3.8, 4) is 0 Å². The average Bonchev–Trinajstić information content (AvgIpc) is 2.96. The van der Waals surface area contributed by atoms with Crippen molar-refractivity contribution in [3.05, 3.63) is 33.8 Å². The van der Waals surface area contributed by atoms with E-state index in [2.05, 4.69) is 38.4 Å². The fraction of sp³-hybridized carbons (Fsp3) is 0.538. The van der Waals surface area contributed by atoms with Crippen molar-refractivity contribution in [2.45, 2.75) is 19.5 Å². The Bertz CT molecular complexity index is 577. The molecule has 0 saturated carbocycles. The van der Waals surface area contributed by atoms with Crippen molar-refractivity contribution in [2.75, 3.05) is 20.8 Å². The van der Waals surface area contributed by atoms with Crippen LogP contribution in [0.2, 0.25) is 0 Å². The van der Waals surface area contributed by atoms with Crippen molar-refractivity contribution < 1.29 is 4.74 Å². The van der Waals surface area contributed by atoms with E-state index in [-0.39, 0.29) is 6.04 Å². The molecule has 2 heterocycles. The predicted molar refractivity (Wildman–Crippen MR) is 80.7 cm³/mol. The zero-order valence-corrected chi connectivity index (χ0v) is 13.8. The third kappa shape index (κ3) is 2.79. The summed E-state index contributed by atoms with van der Waals surface area (Å²) >= 11 is 3.59. The number of rotatable bonds is 6. The smallest absolute Gasteiger partial charge is 0.0790 e. The zero-order valence-electron chi connectivity index (χ0n) is 12.2. The summed E-state index contributed by atoms with van der Waals surface area (Å²) in [4.78, 5) is 0. The average molecular weight is 342 g/mol. The summed E-state index contributed by atoms with van der Waals surface area (Å²) in [5.74, 6) is 0. The Morgan fingerprint density at radius 2 is 2.15 bits per heavy atom. The fourth-order valence-electron chi connectivity index (χ4n) is 2.25. The van der Waals surface area contributed by atoms with E-state index in [4.69, 9.17) is 4.74 Å². The molecule has 20 heavy (non-hydrogen) atoms. The van der Waals surface area contributed by atoms with Crippen LogP contribution in [0.3, 0.4) is 0 Å². The molecular formula is C13H20BrN5O. The van der Waals surface area contributed by atoms with E-state index in [0.717, 1.165) is 28.0 Å². The molecule has 0 saturated heterocycles. The molecule has 7 heteroatoms. The number of hydrogen-bond donors (Lipinski definition) is 1. The summed E-state index contributed by atoms with van der Waals surface area (Å²) in [7, 11) is 5.58. The monoisotopic (exact) mass is 341 g/mol. The van der Waals surface area contributed by atoms with Crippen molar-refractivity contribution in [1.82, 2.24) is 24.9 Å². The Kier molecular flexibility index (Phi) is 4.95. The first-order valence-electron chi connectivity index (χ1n) is 6.46. The SMILES string of the molecule is CNC(c1cnn(C)c1C)c1c(Br)cnn1CCOC. The Hall–Kier alpha value is -1.18. The van der Waals surface area contributed by atoms with Crippen LogP contribution in [0.5, 0.6) is 0 Å². The van der Waals surface area contributed by atoms with Gasteiger partial charge in [-0.15, -0.1) is 0 Å². The standard InChI is InChI=1S/C13H20BrN5O/c1-9-10(7-16-18(9)3)12(15-2)13-11(14)8-17-19(13)5-6-20-4/h7-8,12,15H,5-6H2,1-4H3. The molecular weight excluding hydrogens is 322 g/mol. The number of aromatic nitrogens is 4. The van der Waals surface area contributed by atoms with E-state index in [9.17, 15) is 0 Å². The second kappa shape index (κ2) is 6.51. The highest BCUT2D eigenvalue weighted by atomic mass is 79.9. The molecule has 1 unspecified atom stereocenters. The van der Waals surface area contributed by atoms with Gasteiger partial charge in [-0.3, -0.25) is 9.36 Å². The third-order valence-electron chi connectivity index (χ3n) is 3.49. The van der Waals surface area contributed by atoms with Gasteiger partial charge < -0.3 is 10.1 Å². The van der Waals surface area contributed by atoms with Gasteiger partial charge in [0.2, 0.25) is 0 Å². The molecule has 0 bridgehead atoms. The highest BCUT2D eigenvalue weighted by Crippen LogP contribution is 2.29. The lowest BCUT2D eigenvalue weighted by Gasteiger charge is -2.18. The van der Waals surface area contributed by atoms with Crippen LogP contribution in [-0.2, 0) is 18.3 Å². The second-order valence-electron chi connectivity index (χ2n) is 4.62. The summed E-state index contributed by atoms with van der Waals surface area (Å²) in [6, 6.07) is 0.0393. The third-order valence-corrected chi connectivity index (χ3v) is 4.10. The number of nitrogens with one attached hydrogen (secondary N) is 1. The second-order valence-corrected chi connectivity index (χ2v) is 5.48. The Morgan fingerprint density at radius 3 is 2.70 bits per heavy atom. The number of aryl methyl sites for hydroxylation is 1. The summed E-state index contributed by atoms with van der Waals surface area (Å²) < 4.78 is 9.96. The highest BCUT2D eigenvalue weighted by molar-refractivity contribution is 9.10. The van der Waals surface area contributed by atoms with Gasteiger partial charge in [0.05, 0.1) is 41.8 Å². The van der Waals surface area contributed by atoms with Gasteiger partial charge in [-0.25, -0.2) is 0 Å². The number of methoxy groups -OCH3 is 1. The molecule has 1 atom stereocenters. The van der Waals surface area contributed by atoms with Crippen LogP contribution in [-0.4, -0.2) is 40.3 Å². The van der Waals surface area contributed by atoms with Crippen LogP contribution in [0.15, 0.2) is 16.9 Å². The van der Waals surface area contributed by atoms with Crippen LogP contribution in [0.25, 0.3) is 0 Å². The largest absolute Gasteiger partial charge is 0.383 e. The topological polar surface area (TPSA) is 56.9 Å². The van der Waals surface area contributed by atoms with Crippen molar-refractivity contribution in [1.29, 1.82) is 0 Å². The van der Waals surface area contributed by atoms with Gasteiger partial charge in [-0.2, -0.15) is 10.2 Å². The normalized spacial score (nSPS) is 12.8. The van der Waals surface area contributed by atoms with Crippen molar-refractivity contribution >= 4 is 15.9 Å². The molecule has 6 nitrogen and oxygen atoms in total. The lowest BCUT2D eigenvalue weighted by Crippen LogP contribution is -2.23. The van der Waals surface area contributed by atoms with Crippen LogP contribution in [0.1, 0.15) is 23.0 Å². The van der Waals surface area contributed by atoms with E-state index in [0.29, 0.717) is 6.61 Å². The Balaban J connectivity index is 2.41. The maximum Gasteiger partial charge on any atom is 0.0790 e. The molecule has 0 fully saturated rings. The Labute approximate surface area is 127 Å². The zero-order chi connectivity index (χ0) is 14.7. The minimum Gasteiger partial charge on any atom is -0.383 e. The minimum absolute atomic E-state index is 0.0393. The van der Waals surface area contributed by atoms with Crippen LogP contribution < -0.4 is 5.32 Å². The lowest BCUT2D eigenvalue weighted by atomic mass is 10.1. The van der Waals surface area contributed by atoms with Gasteiger partial charge in [0.15, 0.2) is 0 Å². The molecule has 110 valence electrons. The van der Waals surface area contributed by atoms with Gasteiger partial charge in [0.25, 0.3) is 0 Å². The minimum atomic E-state index is 0.0393. The molecule has 2 aromatic heterocycles. The van der Waals surface area contributed by atoms with E-state index >= 15 is 0 Å². The number of nitrogens with zero attached hydrogens (tertiary/aromatic N) is 4. The first-order valence-corrected chi connectivity index (χ1v) is 7.25.